The van der Waals surface area contributed by atoms with Crippen molar-refractivity contribution >= 4 is 40.2 Å². The average Bonchev–Trinajstić information content (AvgIpc) is 2.49. The number of fused-ring (bicyclic) bond motifs is 1. The van der Waals surface area contributed by atoms with Crippen LogP contribution in [0.3, 0.4) is 0 Å². The van der Waals surface area contributed by atoms with Crippen molar-refractivity contribution in [2.75, 3.05) is 4.90 Å². The number of hydrogen-bond donors (Lipinski definition) is 1. The normalized spacial score (nSPS) is 17.5. The van der Waals surface area contributed by atoms with Gasteiger partial charge in [-0.2, -0.15) is 0 Å². The molecule has 1 atom stereocenters. The second-order valence-corrected chi connectivity index (χ2v) is 6.73. The molecule has 0 saturated carbocycles. The summed E-state index contributed by atoms with van der Waals surface area (Å²) < 4.78 is 0.806. The van der Waals surface area contributed by atoms with Crippen molar-refractivity contribution in [3.05, 3.63) is 58.1 Å². The number of amides is 1. The van der Waals surface area contributed by atoms with E-state index in [1.807, 2.05) is 41.3 Å². The summed E-state index contributed by atoms with van der Waals surface area (Å²) in [4.78, 5) is 15.7. The standard InChI is InChI=1S/C17H16BrNOS/c1-11-6-7-12-4-2-3-5-16(12)19(11)17(20)14-10-13(21)8-9-15(14)18/h2-5,8-11,21H,6-7H2,1H3. The van der Waals surface area contributed by atoms with Crippen LogP contribution in [0.5, 0.6) is 0 Å². The highest BCUT2D eigenvalue weighted by atomic mass is 79.9. The summed E-state index contributed by atoms with van der Waals surface area (Å²) in [6, 6.07) is 13.9. The quantitative estimate of drug-likeness (QED) is 0.728. The minimum absolute atomic E-state index is 0.0254. The highest BCUT2D eigenvalue weighted by Crippen LogP contribution is 2.33. The van der Waals surface area contributed by atoms with Crippen molar-refractivity contribution in [3.8, 4) is 0 Å². The zero-order valence-electron chi connectivity index (χ0n) is 11.7. The molecule has 0 N–H and O–H groups in total. The molecular formula is C17H16BrNOS. The molecule has 1 heterocycles. The number of rotatable bonds is 1. The Kier molecular flexibility index (Phi) is 4.09. The maximum atomic E-state index is 13.0. The maximum Gasteiger partial charge on any atom is 0.259 e. The molecule has 1 aliphatic heterocycles. The number of hydrogen-bond acceptors (Lipinski definition) is 2. The Labute approximate surface area is 138 Å². The van der Waals surface area contributed by atoms with Gasteiger partial charge in [-0.3, -0.25) is 4.79 Å². The minimum atomic E-state index is 0.0254. The van der Waals surface area contributed by atoms with Gasteiger partial charge in [0, 0.05) is 21.1 Å². The summed E-state index contributed by atoms with van der Waals surface area (Å²) >= 11 is 7.82. The van der Waals surface area contributed by atoms with Gasteiger partial charge in [0.15, 0.2) is 0 Å². The monoisotopic (exact) mass is 361 g/mol. The van der Waals surface area contributed by atoms with Crippen LogP contribution in [0.2, 0.25) is 0 Å². The Bertz CT molecular complexity index is 701. The van der Waals surface area contributed by atoms with Gasteiger partial charge in [-0.1, -0.05) is 18.2 Å². The fraction of sp³-hybridized carbons (Fsp3) is 0.235. The molecule has 2 nitrogen and oxygen atoms in total. The first-order valence-electron chi connectivity index (χ1n) is 6.98. The molecule has 108 valence electrons. The van der Waals surface area contributed by atoms with Crippen molar-refractivity contribution in [1.29, 1.82) is 0 Å². The second kappa shape index (κ2) is 5.85. The van der Waals surface area contributed by atoms with Gasteiger partial charge in [0.1, 0.15) is 0 Å². The topological polar surface area (TPSA) is 20.3 Å². The van der Waals surface area contributed by atoms with Gasteiger partial charge in [0.25, 0.3) is 5.91 Å². The Morgan fingerprint density at radius 2 is 2.05 bits per heavy atom. The third kappa shape index (κ3) is 2.74. The Morgan fingerprint density at radius 1 is 1.29 bits per heavy atom. The number of anilines is 1. The summed E-state index contributed by atoms with van der Waals surface area (Å²) in [5.41, 5.74) is 2.92. The first-order valence-corrected chi connectivity index (χ1v) is 8.22. The molecule has 0 radical (unpaired) electrons. The third-order valence-electron chi connectivity index (χ3n) is 3.92. The van der Waals surface area contributed by atoms with Crippen LogP contribution in [-0.2, 0) is 6.42 Å². The lowest BCUT2D eigenvalue weighted by Crippen LogP contribution is -2.42. The summed E-state index contributed by atoms with van der Waals surface area (Å²) in [7, 11) is 0. The van der Waals surface area contributed by atoms with Crippen LogP contribution in [0.15, 0.2) is 51.8 Å². The smallest absolute Gasteiger partial charge is 0.259 e. The molecule has 4 heteroatoms. The molecule has 0 fully saturated rings. The van der Waals surface area contributed by atoms with Crippen molar-refractivity contribution in [1.82, 2.24) is 0 Å². The number of para-hydroxylation sites is 1. The number of benzene rings is 2. The van der Waals surface area contributed by atoms with Gasteiger partial charge in [0.05, 0.1) is 5.56 Å². The van der Waals surface area contributed by atoms with Gasteiger partial charge < -0.3 is 4.90 Å². The van der Waals surface area contributed by atoms with E-state index in [-0.39, 0.29) is 11.9 Å². The van der Waals surface area contributed by atoms with E-state index in [4.69, 9.17) is 0 Å². The van der Waals surface area contributed by atoms with Gasteiger partial charge in [-0.25, -0.2) is 0 Å². The van der Waals surface area contributed by atoms with Gasteiger partial charge in [-0.05, 0) is 65.5 Å². The number of carbonyl (C=O) groups excluding carboxylic acids is 1. The Balaban J connectivity index is 2.07. The minimum Gasteiger partial charge on any atom is -0.305 e. The second-order valence-electron chi connectivity index (χ2n) is 5.36. The van der Waals surface area contributed by atoms with E-state index in [1.165, 1.54) is 5.56 Å². The fourth-order valence-corrected chi connectivity index (χ4v) is 3.42. The molecule has 2 aromatic rings. The Morgan fingerprint density at radius 3 is 2.86 bits per heavy atom. The third-order valence-corrected chi connectivity index (χ3v) is 4.89. The van der Waals surface area contributed by atoms with Crippen LogP contribution >= 0.6 is 28.6 Å². The molecule has 21 heavy (non-hydrogen) atoms. The van der Waals surface area contributed by atoms with Gasteiger partial charge in [-0.15, -0.1) is 12.6 Å². The summed E-state index contributed by atoms with van der Waals surface area (Å²) in [5.74, 6) is 0.0254. The van der Waals surface area contributed by atoms with E-state index in [9.17, 15) is 4.79 Å². The van der Waals surface area contributed by atoms with Crippen LogP contribution < -0.4 is 4.90 Å². The lowest BCUT2D eigenvalue weighted by atomic mass is 9.96. The molecule has 3 rings (SSSR count). The number of carbonyl (C=O) groups is 1. The molecule has 2 aromatic carbocycles. The van der Waals surface area contributed by atoms with E-state index >= 15 is 0 Å². The van der Waals surface area contributed by atoms with E-state index in [0.717, 1.165) is 27.9 Å². The highest BCUT2D eigenvalue weighted by molar-refractivity contribution is 9.10. The number of nitrogens with zero attached hydrogens (tertiary/aromatic N) is 1. The highest BCUT2D eigenvalue weighted by Gasteiger charge is 2.29. The summed E-state index contributed by atoms with van der Waals surface area (Å²) in [6.45, 7) is 2.10. The van der Waals surface area contributed by atoms with Crippen molar-refractivity contribution in [3.63, 3.8) is 0 Å². The maximum absolute atomic E-state index is 13.0. The number of halogens is 1. The van der Waals surface area contributed by atoms with Crippen LogP contribution in [0.4, 0.5) is 5.69 Å². The summed E-state index contributed by atoms with van der Waals surface area (Å²) in [6.07, 6.45) is 2.01. The zero-order valence-corrected chi connectivity index (χ0v) is 14.2. The number of aryl methyl sites for hydroxylation is 1. The number of thiol groups is 1. The summed E-state index contributed by atoms with van der Waals surface area (Å²) in [5, 5.41) is 0. The SMILES string of the molecule is CC1CCc2ccccc2N1C(=O)c1cc(S)ccc1Br. The molecule has 1 amide bonds. The predicted octanol–water partition coefficient (Wildman–Crippen LogP) is 4.72. The predicted molar refractivity (Wildman–Crippen MR) is 92.4 cm³/mol. The molecule has 0 aromatic heterocycles. The van der Waals surface area contributed by atoms with Crippen LogP contribution in [0.1, 0.15) is 29.3 Å². The first-order chi connectivity index (χ1) is 10.1. The largest absolute Gasteiger partial charge is 0.305 e. The average molecular weight is 362 g/mol. The fourth-order valence-electron chi connectivity index (χ4n) is 2.80. The molecule has 1 unspecified atom stereocenters. The van der Waals surface area contributed by atoms with Gasteiger partial charge in [0.2, 0.25) is 0 Å². The lowest BCUT2D eigenvalue weighted by Gasteiger charge is -2.35. The van der Waals surface area contributed by atoms with E-state index in [1.54, 1.807) is 0 Å². The van der Waals surface area contributed by atoms with E-state index in [2.05, 4.69) is 41.5 Å². The molecular weight excluding hydrogens is 346 g/mol. The van der Waals surface area contributed by atoms with Crippen LogP contribution in [-0.4, -0.2) is 11.9 Å². The van der Waals surface area contributed by atoms with E-state index < -0.39 is 0 Å². The molecule has 0 saturated heterocycles. The zero-order chi connectivity index (χ0) is 15.0. The Hall–Kier alpha value is -1.26. The van der Waals surface area contributed by atoms with Crippen LogP contribution in [0.25, 0.3) is 0 Å². The van der Waals surface area contributed by atoms with Gasteiger partial charge >= 0.3 is 0 Å². The van der Waals surface area contributed by atoms with Crippen molar-refractivity contribution in [2.45, 2.75) is 30.7 Å². The van der Waals surface area contributed by atoms with Crippen molar-refractivity contribution in [2.24, 2.45) is 0 Å². The molecule has 1 aliphatic rings. The van der Waals surface area contributed by atoms with Crippen LogP contribution in [0, 0.1) is 0 Å². The molecule has 0 aliphatic carbocycles. The van der Waals surface area contributed by atoms with E-state index in [0.29, 0.717) is 5.56 Å². The molecule has 0 bridgehead atoms. The first kappa shape index (κ1) is 14.7. The lowest BCUT2D eigenvalue weighted by molar-refractivity contribution is 0.0974. The molecule has 0 spiro atoms. The van der Waals surface area contributed by atoms with Crippen molar-refractivity contribution < 1.29 is 4.79 Å².